The third-order valence-corrected chi connectivity index (χ3v) is 3.71. The van der Waals surface area contributed by atoms with Crippen molar-refractivity contribution in [2.75, 3.05) is 0 Å². The zero-order chi connectivity index (χ0) is 17.1. The summed E-state index contributed by atoms with van der Waals surface area (Å²) in [4.78, 5) is 28.2. The molecule has 3 rings (SSSR count). The molecule has 0 radical (unpaired) electrons. The van der Waals surface area contributed by atoms with Crippen molar-refractivity contribution in [2.45, 2.75) is 13.5 Å². The fourth-order valence-electron chi connectivity index (χ4n) is 2.14. The third kappa shape index (κ3) is 3.62. The Morgan fingerprint density at radius 1 is 1.42 bits per heavy atom. The van der Waals surface area contributed by atoms with Crippen molar-refractivity contribution in [3.8, 4) is 0 Å². The minimum atomic E-state index is -0.547. The molecule has 0 aliphatic rings. The molecule has 0 aliphatic heterocycles. The molecule has 0 N–H and O–H groups in total. The van der Waals surface area contributed by atoms with Gasteiger partial charge in [0.1, 0.15) is 18.0 Å². The van der Waals surface area contributed by atoms with Gasteiger partial charge in [0.15, 0.2) is 4.67 Å². The molecule has 0 fully saturated rings. The number of pyridine rings is 1. The van der Waals surface area contributed by atoms with E-state index in [4.69, 9.17) is 9.15 Å². The smallest absolute Gasteiger partial charge is 0.331 e. The Morgan fingerprint density at radius 3 is 3.00 bits per heavy atom. The molecule has 6 nitrogen and oxygen atoms in total. The Hall–Kier alpha value is -2.67. The maximum atomic E-state index is 12.1. The number of aryl methyl sites for hydroxylation is 1. The molecular formula is C17H13BrN2O4. The largest absolute Gasteiger partial charge is 0.456 e. The first-order valence-corrected chi connectivity index (χ1v) is 7.90. The Kier molecular flexibility index (Phi) is 4.61. The average Bonchev–Trinajstić information content (AvgIpc) is 2.97. The lowest BCUT2D eigenvalue weighted by atomic mass is 10.3. The van der Waals surface area contributed by atoms with Crippen LogP contribution in [0.25, 0.3) is 11.7 Å². The molecule has 3 aromatic heterocycles. The summed E-state index contributed by atoms with van der Waals surface area (Å²) in [5, 5.41) is 0. The molecule has 122 valence electrons. The maximum absolute atomic E-state index is 12.1. The molecule has 0 amide bonds. The number of hydrogen-bond donors (Lipinski definition) is 0. The van der Waals surface area contributed by atoms with Crippen LogP contribution in [0, 0.1) is 6.92 Å². The Balaban J connectivity index is 1.71. The SMILES string of the molecule is Cc1cccn2c(=O)cc(COC(=O)/C=C/c3ccc(Br)o3)nc12. The van der Waals surface area contributed by atoms with Gasteiger partial charge >= 0.3 is 5.97 Å². The molecule has 24 heavy (non-hydrogen) atoms. The molecule has 0 unspecified atom stereocenters. The lowest BCUT2D eigenvalue weighted by Crippen LogP contribution is -2.17. The molecule has 0 bridgehead atoms. The van der Waals surface area contributed by atoms with E-state index >= 15 is 0 Å². The lowest BCUT2D eigenvalue weighted by Gasteiger charge is -2.06. The van der Waals surface area contributed by atoms with Crippen molar-refractivity contribution >= 4 is 33.6 Å². The molecule has 3 aromatic rings. The van der Waals surface area contributed by atoms with E-state index in [9.17, 15) is 9.59 Å². The quantitative estimate of drug-likeness (QED) is 0.507. The molecule has 0 aromatic carbocycles. The van der Waals surface area contributed by atoms with Crippen molar-refractivity contribution in [1.82, 2.24) is 9.38 Å². The molecule has 3 heterocycles. The highest BCUT2D eigenvalue weighted by atomic mass is 79.9. The third-order valence-electron chi connectivity index (χ3n) is 3.28. The molecule has 0 atom stereocenters. The number of rotatable bonds is 4. The Morgan fingerprint density at radius 2 is 2.25 bits per heavy atom. The van der Waals surface area contributed by atoms with Crippen LogP contribution < -0.4 is 5.56 Å². The second kappa shape index (κ2) is 6.84. The van der Waals surface area contributed by atoms with Gasteiger partial charge < -0.3 is 9.15 Å². The second-order valence-corrected chi connectivity index (χ2v) is 5.84. The minimum absolute atomic E-state index is 0.0783. The van der Waals surface area contributed by atoms with Crippen molar-refractivity contribution in [2.24, 2.45) is 0 Å². The minimum Gasteiger partial charge on any atom is -0.456 e. The van der Waals surface area contributed by atoms with Crippen LogP contribution in [0.5, 0.6) is 0 Å². The summed E-state index contributed by atoms with van der Waals surface area (Å²) in [6.07, 6.45) is 4.40. The van der Waals surface area contributed by atoms with Gasteiger partial charge in [-0.3, -0.25) is 9.20 Å². The van der Waals surface area contributed by atoms with Crippen LogP contribution in [-0.2, 0) is 16.1 Å². The van der Waals surface area contributed by atoms with Crippen molar-refractivity contribution in [3.05, 3.63) is 74.6 Å². The van der Waals surface area contributed by atoms with Crippen molar-refractivity contribution < 1.29 is 13.9 Å². The molecule has 0 saturated heterocycles. The van der Waals surface area contributed by atoms with Crippen LogP contribution in [0.4, 0.5) is 0 Å². The number of halogens is 1. The standard InChI is InChI=1S/C17H13BrN2O4/c1-11-3-2-8-20-15(21)9-12(19-17(11)20)10-23-16(22)7-5-13-4-6-14(18)24-13/h2-9H,10H2,1H3/b7-5+. The topological polar surface area (TPSA) is 73.8 Å². The summed E-state index contributed by atoms with van der Waals surface area (Å²) in [6.45, 7) is 1.78. The van der Waals surface area contributed by atoms with E-state index in [-0.39, 0.29) is 12.2 Å². The summed E-state index contributed by atoms with van der Waals surface area (Å²) in [5.41, 5.74) is 1.60. The van der Waals surface area contributed by atoms with Crippen LogP contribution in [0.1, 0.15) is 17.0 Å². The van der Waals surface area contributed by atoms with Gasteiger partial charge in [-0.2, -0.15) is 0 Å². The zero-order valence-corrected chi connectivity index (χ0v) is 14.3. The summed E-state index contributed by atoms with van der Waals surface area (Å²) >= 11 is 3.18. The highest BCUT2D eigenvalue weighted by molar-refractivity contribution is 9.10. The van der Waals surface area contributed by atoms with E-state index in [1.807, 2.05) is 13.0 Å². The molecule has 0 spiro atoms. The Bertz CT molecular complexity index is 988. The van der Waals surface area contributed by atoms with Crippen molar-refractivity contribution in [3.63, 3.8) is 0 Å². The number of esters is 1. The molecule has 0 aliphatic carbocycles. The van der Waals surface area contributed by atoms with Gasteiger partial charge in [0.05, 0.1) is 5.69 Å². The molecular weight excluding hydrogens is 376 g/mol. The van der Waals surface area contributed by atoms with Gasteiger partial charge in [0.2, 0.25) is 0 Å². The van der Waals surface area contributed by atoms with Crippen LogP contribution >= 0.6 is 15.9 Å². The lowest BCUT2D eigenvalue weighted by molar-refractivity contribution is -0.139. The first-order valence-electron chi connectivity index (χ1n) is 7.11. The van der Waals surface area contributed by atoms with Gasteiger partial charge in [-0.05, 0) is 52.7 Å². The van der Waals surface area contributed by atoms with E-state index in [1.165, 1.54) is 22.6 Å². The number of aromatic nitrogens is 2. The zero-order valence-electron chi connectivity index (χ0n) is 12.7. The van der Waals surface area contributed by atoms with Gasteiger partial charge in [-0.25, -0.2) is 9.78 Å². The molecule has 7 heteroatoms. The number of fused-ring (bicyclic) bond motifs is 1. The van der Waals surface area contributed by atoms with Crippen molar-refractivity contribution in [1.29, 1.82) is 0 Å². The highest BCUT2D eigenvalue weighted by Crippen LogP contribution is 2.15. The maximum Gasteiger partial charge on any atom is 0.331 e. The summed E-state index contributed by atoms with van der Waals surface area (Å²) in [5.74, 6) is -0.0224. The first kappa shape index (κ1) is 16.2. The summed E-state index contributed by atoms with van der Waals surface area (Å²) in [7, 11) is 0. The first-order chi connectivity index (χ1) is 11.5. The predicted molar refractivity (Wildman–Crippen MR) is 91.4 cm³/mol. The second-order valence-electron chi connectivity index (χ2n) is 5.05. The predicted octanol–water partition coefficient (Wildman–Crippen LogP) is 3.12. The van der Waals surface area contributed by atoms with Gasteiger partial charge in [-0.15, -0.1) is 0 Å². The van der Waals surface area contributed by atoms with Crippen LogP contribution in [-0.4, -0.2) is 15.4 Å². The van der Waals surface area contributed by atoms with E-state index in [0.29, 0.717) is 21.8 Å². The number of carbonyl (C=O) groups excluding carboxylic acids is 1. The summed E-state index contributed by atoms with van der Waals surface area (Å²) < 4.78 is 12.4. The van der Waals surface area contributed by atoms with Crippen LogP contribution in [0.2, 0.25) is 0 Å². The fourth-order valence-corrected chi connectivity index (χ4v) is 2.46. The van der Waals surface area contributed by atoms with E-state index in [0.717, 1.165) is 5.56 Å². The Labute approximate surface area is 145 Å². The van der Waals surface area contributed by atoms with E-state index < -0.39 is 5.97 Å². The number of furan rings is 1. The number of ether oxygens (including phenoxy) is 1. The highest BCUT2D eigenvalue weighted by Gasteiger charge is 2.06. The number of carbonyl (C=O) groups is 1. The van der Waals surface area contributed by atoms with E-state index in [2.05, 4.69) is 20.9 Å². The normalized spacial score (nSPS) is 11.2. The number of nitrogens with zero attached hydrogens (tertiary/aromatic N) is 2. The van der Waals surface area contributed by atoms with Gasteiger partial charge in [0.25, 0.3) is 5.56 Å². The van der Waals surface area contributed by atoms with Gasteiger partial charge in [0, 0.05) is 18.3 Å². The summed E-state index contributed by atoms with van der Waals surface area (Å²) in [6, 6.07) is 8.43. The van der Waals surface area contributed by atoms with Crippen LogP contribution in [0.3, 0.4) is 0 Å². The van der Waals surface area contributed by atoms with Crippen LogP contribution in [0.15, 0.2) is 56.5 Å². The van der Waals surface area contributed by atoms with E-state index in [1.54, 1.807) is 24.4 Å². The van der Waals surface area contributed by atoms with Gasteiger partial charge in [-0.1, -0.05) is 6.07 Å². The average molecular weight is 389 g/mol. The molecule has 0 saturated carbocycles. The monoisotopic (exact) mass is 388 g/mol. The fraction of sp³-hybridized carbons (Fsp3) is 0.118. The number of hydrogen-bond acceptors (Lipinski definition) is 5.